The Hall–Kier alpha value is -3.25. The van der Waals surface area contributed by atoms with Crippen molar-refractivity contribution in [2.24, 2.45) is 0 Å². The molecule has 2 aromatic heterocycles. The predicted octanol–water partition coefficient (Wildman–Crippen LogP) is 4.17. The molecule has 1 N–H and O–H groups in total. The van der Waals surface area contributed by atoms with E-state index < -0.39 is 0 Å². The molecule has 7 heteroatoms. The zero-order valence-corrected chi connectivity index (χ0v) is 16.9. The minimum atomic E-state index is -0.164. The van der Waals surface area contributed by atoms with Crippen LogP contribution in [0.4, 0.5) is 5.69 Å². The Morgan fingerprint density at radius 2 is 1.76 bits per heavy atom. The van der Waals surface area contributed by atoms with E-state index in [4.69, 9.17) is 11.6 Å². The molecule has 0 aliphatic heterocycles. The number of fused-ring (bicyclic) bond motifs is 1. The van der Waals surface area contributed by atoms with Gasteiger partial charge in [0, 0.05) is 28.5 Å². The lowest BCUT2D eigenvalue weighted by molar-refractivity contribution is -0.115. The minimum Gasteiger partial charge on any atom is -0.326 e. The largest absolute Gasteiger partial charge is 0.326 e. The molecule has 0 fully saturated rings. The van der Waals surface area contributed by atoms with E-state index in [1.807, 2.05) is 68.4 Å². The Morgan fingerprint density at radius 3 is 2.48 bits per heavy atom. The van der Waals surface area contributed by atoms with Gasteiger partial charge in [0.2, 0.25) is 5.91 Å². The van der Waals surface area contributed by atoms with Gasteiger partial charge in [-0.1, -0.05) is 41.9 Å². The average Bonchev–Trinajstić information content (AvgIpc) is 3.09. The Balaban J connectivity index is 1.58. The molecule has 0 radical (unpaired) electrons. The van der Waals surface area contributed by atoms with Crippen LogP contribution >= 0.6 is 11.6 Å². The molecule has 1 amide bonds. The van der Waals surface area contributed by atoms with Gasteiger partial charge in [-0.15, -0.1) is 5.10 Å². The first kappa shape index (κ1) is 19.1. The summed E-state index contributed by atoms with van der Waals surface area (Å²) in [4.78, 5) is 21.3. The van der Waals surface area contributed by atoms with Gasteiger partial charge in [-0.25, -0.2) is 9.50 Å². The highest BCUT2D eigenvalue weighted by atomic mass is 35.5. The third kappa shape index (κ3) is 4.27. The van der Waals surface area contributed by atoms with Crippen molar-refractivity contribution < 1.29 is 4.79 Å². The van der Waals surface area contributed by atoms with Crippen LogP contribution in [0.1, 0.15) is 28.3 Å². The molecule has 2 aromatic carbocycles. The first-order valence-electron chi connectivity index (χ1n) is 9.30. The number of nitrogens with zero attached hydrogens (tertiary/aromatic N) is 4. The van der Waals surface area contributed by atoms with Gasteiger partial charge in [0.25, 0.3) is 5.78 Å². The molecule has 0 atom stereocenters. The second-order valence-electron chi connectivity index (χ2n) is 6.90. The van der Waals surface area contributed by atoms with Crippen molar-refractivity contribution in [3.8, 4) is 0 Å². The highest BCUT2D eigenvalue weighted by molar-refractivity contribution is 6.30. The molecule has 6 nitrogen and oxygen atoms in total. The first-order chi connectivity index (χ1) is 14.0. The smallest absolute Gasteiger partial charge is 0.252 e. The van der Waals surface area contributed by atoms with Gasteiger partial charge < -0.3 is 5.32 Å². The number of amides is 1. The molecule has 0 aliphatic carbocycles. The Bertz CT molecular complexity index is 1170. The summed E-state index contributed by atoms with van der Waals surface area (Å²) in [7, 11) is 0. The zero-order valence-electron chi connectivity index (χ0n) is 16.2. The van der Waals surface area contributed by atoms with Crippen molar-refractivity contribution in [3.05, 3.63) is 88.0 Å². The summed E-state index contributed by atoms with van der Waals surface area (Å²) in [5.41, 5.74) is 4.84. The number of aromatic nitrogens is 4. The Morgan fingerprint density at radius 1 is 1.03 bits per heavy atom. The third-order valence-electron chi connectivity index (χ3n) is 4.76. The van der Waals surface area contributed by atoms with Crippen LogP contribution in [-0.2, 0) is 17.6 Å². The van der Waals surface area contributed by atoms with Crippen molar-refractivity contribution >= 4 is 29.0 Å². The average molecular weight is 406 g/mol. The number of benzene rings is 2. The molecule has 0 saturated carbocycles. The van der Waals surface area contributed by atoms with Gasteiger partial charge in [0.05, 0.1) is 6.42 Å². The number of para-hydroxylation sites is 1. The lowest BCUT2D eigenvalue weighted by atomic mass is 10.0. The number of carbonyl (C=O) groups is 1. The Kier molecular flexibility index (Phi) is 5.27. The van der Waals surface area contributed by atoms with Crippen LogP contribution < -0.4 is 5.32 Å². The van der Waals surface area contributed by atoms with Crippen LogP contribution in [0.5, 0.6) is 0 Å². The molecular weight excluding hydrogens is 386 g/mol. The number of carbonyl (C=O) groups excluding carboxylic acids is 1. The standard InChI is InChI=1S/C22H20ClN5O/c1-14-19(12-16-8-10-17(23)11-9-16)15(2)28-22(24-14)26-20(27-28)13-21(29)25-18-6-4-3-5-7-18/h3-11H,12-13H2,1-2H3,(H,25,29). The second-order valence-corrected chi connectivity index (χ2v) is 7.33. The SMILES string of the molecule is Cc1nc2nc(CC(=O)Nc3ccccc3)nn2c(C)c1Cc1ccc(Cl)cc1. The molecule has 0 unspecified atom stereocenters. The maximum atomic E-state index is 12.3. The fourth-order valence-corrected chi connectivity index (χ4v) is 3.38. The van der Waals surface area contributed by atoms with E-state index in [9.17, 15) is 4.79 Å². The number of hydrogen-bond acceptors (Lipinski definition) is 4. The van der Waals surface area contributed by atoms with Gasteiger partial charge in [-0.3, -0.25) is 4.79 Å². The topological polar surface area (TPSA) is 72.2 Å². The summed E-state index contributed by atoms with van der Waals surface area (Å²) in [6.45, 7) is 3.96. The van der Waals surface area contributed by atoms with Crippen molar-refractivity contribution in [1.29, 1.82) is 0 Å². The van der Waals surface area contributed by atoms with E-state index >= 15 is 0 Å². The maximum absolute atomic E-state index is 12.3. The number of aryl methyl sites for hydroxylation is 2. The third-order valence-corrected chi connectivity index (χ3v) is 5.02. The summed E-state index contributed by atoms with van der Waals surface area (Å²) in [5.74, 6) is 0.780. The number of nitrogens with one attached hydrogen (secondary N) is 1. The molecule has 4 rings (SSSR count). The lowest BCUT2D eigenvalue weighted by Crippen LogP contribution is -2.15. The quantitative estimate of drug-likeness (QED) is 0.541. The van der Waals surface area contributed by atoms with Crippen LogP contribution in [0.2, 0.25) is 5.02 Å². The molecule has 0 aliphatic rings. The van der Waals surface area contributed by atoms with Crippen LogP contribution in [0.25, 0.3) is 5.78 Å². The number of hydrogen-bond donors (Lipinski definition) is 1. The fraction of sp³-hybridized carbons (Fsp3) is 0.182. The van der Waals surface area contributed by atoms with E-state index in [2.05, 4.69) is 20.4 Å². The van der Waals surface area contributed by atoms with Crippen LogP contribution in [0, 0.1) is 13.8 Å². The minimum absolute atomic E-state index is 0.0866. The van der Waals surface area contributed by atoms with Gasteiger partial charge in [-0.05, 0) is 49.2 Å². The van der Waals surface area contributed by atoms with Crippen molar-refractivity contribution in [3.63, 3.8) is 0 Å². The zero-order chi connectivity index (χ0) is 20.4. The first-order valence-corrected chi connectivity index (χ1v) is 9.68. The van der Waals surface area contributed by atoms with Crippen LogP contribution in [-0.4, -0.2) is 25.5 Å². The van der Waals surface area contributed by atoms with Crippen molar-refractivity contribution in [1.82, 2.24) is 19.6 Å². The Labute approximate surface area is 173 Å². The molecule has 4 aromatic rings. The summed E-state index contributed by atoms with van der Waals surface area (Å²) in [5, 5.41) is 8.08. The molecule has 146 valence electrons. The molecule has 29 heavy (non-hydrogen) atoms. The number of halogens is 1. The summed E-state index contributed by atoms with van der Waals surface area (Å²) < 4.78 is 1.71. The molecule has 2 heterocycles. The number of rotatable bonds is 5. The van der Waals surface area contributed by atoms with E-state index in [-0.39, 0.29) is 12.3 Å². The second kappa shape index (κ2) is 8.01. The van der Waals surface area contributed by atoms with Crippen LogP contribution in [0.3, 0.4) is 0 Å². The van der Waals surface area contributed by atoms with Crippen molar-refractivity contribution in [2.45, 2.75) is 26.7 Å². The summed E-state index contributed by atoms with van der Waals surface area (Å²) in [6.07, 6.45) is 0.810. The highest BCUT2D eigenvalue weighted by Crippen LogP contribution is 2.19. The van der Waals surface area contributed by atoms with E-state index in [1.165, 1.54) is 0 Å². The van der Waals surface area contributed by atoms with Gasteiger partial charge in [0.15, 0.2) is 5.82 Å². The predicted molar refractivity (Wildman–Crippen MR) is 113 cm³/mol. The van der Waals surface area contributed by atoms with Gasteiger partial charge in [0.1, 0.15) is 0 Å². The van der Waals surface area contributed by atoms with Crippen LogP contribution in [0.15, 0.2) is 54.6 Å². The lowest BCUT2D eigenvalue weighted by Gasteiger charge is -2.10. The summed E-state index contributed by atoms with van der Waals surface area (Å²) in [6, 6.07) is 17.1. The number of anilines is 1. The highest BCUT2D eigenvalue weighted by Gasteiger charge is 2.16. The van der Waals surface area contributed by atoms with E-state index in [0.29, 0.717) is 16.6 Å². The van der Waals surface area contributed by atoms with E-state index in [1.54, 1.807) is 4.52 Å². The molecule has 0 saturated heterocycles. The summed E-state index contributed by atoms with van der Waals surface area (Å²) >= 11 is 5.98. The normalized spacial score (nSPS) is 11.0. The molecule has 0 spiro atoms. The van der Waals surface area contributed by atoms with Gasteiger partial charge in [-0.2, -0.15) is 4.98 Å². The maximum Gasteiger partial charge on any atom is 0.252 e. The van der Waals surface area contributed by atoms with Gasteiger partial charge >= 0.3 is 0 Å². The molecular formula is C22H20ClN5O. The fourth-order valence-electron chi connectivity index (χ4n) is 3.26. The van der Waals surface area contributed by atoms with Crippen molar-refractivity contribution in [2.75, 3.05) is 5.32 Å². The molecule has 0 bridgehead atoms. The monoisotopic (exact) mass is 405 g/mol. The van der Waals surface area contributed by atoms with E-state index in [0.717, 1.165) is 34.6 Å².